The van der Waals surface area contributed by atoms with Crippen molar-refractivity contribution in [1.29, 1.82) is 0 Å². The zero-order valence-electron chi connectivity index (χ0n) is 7.46. The summed E-state index contributed by atoms with van der Waals surface area (Å²) in [5, 5.41) is 9.54. The molecule has 0 radical (unpaired) electrons. The molecule has 0 spiro atoms. The molecule has 0 saturated heterocycles. The second kappa shape index (κ2) is 1.89. The minimum absolute atomic E-state index is 0.155. The van der Waals surface area contributed by atoms with E-state index < -0.39 is 0 Å². The molecule has 0 heterocycles. The van der Waals surface area contributed by atoms with E-state index in [9.17, 15) is 5.11 Å². The summed E-state index contributed by atoms with van der Waals surface area (Å²) in [4.78, 5) is 0. The van der Waals surface area contributed by atoms with Crippen LogP contribution in [0.15, 0.2) is 11.6 Å². The van der Waals surface area contributed by atoms with Gasteiger partial charge in [0.1, 0.15) is 0 Å². The summed E-state index contributed by atoms with van der Waals surface area (Å²) >= 11 is 0. The molecule has 0 aliphatic heterocycles. The Morgan fingerprint density at radius 1 is 1.55 bits per heavy atom. The average Bonchev–Trinajstić information content (AvgIpc) is 2.39. The molecule has 0 bridgehead atoms. The summed E-state index contributed by atoms with van der Waals surface area (Å²) in [7, 11) is 0. The first-order valence-corrected chi connectivity index (χ1v) is 4.40. The fourth-order valence-electron chi connectivity index (χ4n) is 2.39. The average molecular weight is 152 g/mol. The van der Waals surface area contributed by atoms with Crippen molar-refractivity contribution in [3.05, 3.63) is 11.6 Å². The third-order valence-corrected chi connectivity index (χ3v) is 3.58. The van der Waals surface area contributed by atoms with E-state index >= 15 is 0 Å². The third-order valence-electron chi connectivity index (χ3n) is 3.58. The van der Waals surface area contributed by atoms with Crippen molar-refractivity contribution < 1.29 is 5.11 Å². The van der Waals surface area contributed by atoms with Crippen LogP contribution in [-0.2, 0) is 0 Å². The highest BCUT2D eigenvalue weighted by molar-refractivity contribution is 5.25. The molecule has 2 aliphatic carbocycles. The number of hydrogen-bond donors (Lipinski definition) is 1. The van der Waals surface area contributed by atoms with Crippen LogP contribution in [0.2, 0.25) is 0 Å². The summed E-state index contributed by atoms with van der Waals surface area (Å²) in [6.45, 7) is 6.63. The Kier molecular flexibility index (Phi) is 1.26. The van der Waals surface area contributed by atoms with Crippen molar-refractivity contribution in [3.63, 3.8) is 0 Å². The SMILES string of the molecule is CC1=C[C@@H]2[C@H](CC1O)C2(C)C. The molecule has 0 aromatic rings. The van der Waals surface area contributed by atoms with Gasteiger partial charge in [0.2, 0.25) is 0 Å². The fourth-order valence-corrected chi connectivity index (χ4v) is 2.39. The summed E-state index contributed by atoms with van der Waals surface area (Å²) < 4.78 is 0. The van der Waals surface area contributed by atoms with Gasteiger partial charge in [0.15, 0.2) is 0 Å². The topological polar surface area (TPSA) is 20.2 Å². The van der Waals surface area contributed by atoms with Crippen molar-refractivity contribution in [3.8, 4) is 0 Å². The molecular weight excluding hydrogens is 136 g/mol. The number of hydrogen-bond acceptors (Lipinski definition) is 1. The van der Waals surface area contributed by atoms with Gasteiger partial charge in [-0.25, -0.2) is 0 Å². The minimum Gasteiger partial charge on any atom is -0.389 e. The maximum absolute atomic E-state index is 9.54. The highest BCUT2D eigenvalue weighted by atomic mass is 16.3. The highest BCUT2D eigenvalue weighted by Gasteiger charge is 2.58. The quantitative estimate of drug-likeness (QED) is 0.526. The van der Waals surface area contributed by atoms with Gasteiger partial charge in [-0.1, -0.05) is 19.9 Å². The first-order valence-electron chi connectivity index (χ1n) is 4.40. The van der Waals surface area contributed by atoms with E-state index in [0.717, 1.165) is 18.3 Å². The van der Waals surface area contributed by atoms with Crippen LogP contribution in [0.3, 0.4) is 0 Å². The third kappa shape index (κ3) is 0.871. The smallest absolute Gasteiger partial charge is 0.0750 e. The lowest BCUT2D eigenvalue weighted by atomic mass is 9.98. The van der Waals surface area contributed by atoms with Gasteiger partial charge in [-0.3, -0.25) is 0 Å². The van der Waals surface area contributed by atoms with E-state index in [-0.39, 0.29) is 6.10 Å². The van der Waals surface area contributed by atoms with Crippen molar-refractivity contribution in [2.24, 2.45) is 17.3 Å². The number of aliphatic hydroxyl groups is 1. The molecule has 1 heteroatoms. The summed E-state index contributed by atoms with van der Waals surface area (Å²) in [6.07, 6.45) is 3.09. The van der Waals surface area contributed by atoms with Gasteiger partial charge < -0.3 is 5.11 Å². The minimum atomic E-state index is -0.155. The molecular formula is C10H16O. The van der Waals surface area contributed by atoms with Crippen molar-refractivity contribution >= 4 is 0 Å². The molecule has 0 amide bonds. The zero-order valence-corrected chi connectivity index (χ0v) is 7.46. The predicted molar refractivity (Wildman–Crippen MR) is 45.1 cm³/mol. The molecule has 0 aromatic heterocycles. The van der Waals surface area contributed by atoms with E-state index in [4.69, 9.17) is 0 Å². The van der Waals surface area contributed by atoms with Crippen molar-refractivity contribution in [1.82, 2.24) is 0 Å². The van der Waals surface area contributed by atoms with E-state index in [1.54, 1.807) is 0 Å². The second-order valence-corrected chi connectivity index (χ2v) is 4.62. The van der Waals surface area contributed by atoms with Crippen molar-refractivity contribution in [2.45, 2.75) is 33.3 Å². The predicted octanol–water partition coefficient (Wildman–Crippen LogP) is 1.97. The molecule has 2 rings (SSSR count). The molecule has 1 unspecified atom stereocenters. The van der Waals surface area contributed by atoms with Crippen LogP contribution in [0, 0.1) is 17.3 Å². The Bertz CT molecular complexity index is 215. The van der Waals surface area contributed by atoms with Crippen LogP contribution < -0.4 is 0 Å². The molecule has 1 fully saturated rings. The lowest BCUT2D eigenvalue weighted by Crippen LogP contribution is -2.13. The Hall–Kier alpha value is -0.300. The van der Waals surface area contributed by atoms with Crippen LogP contribution in [0.5, 0.6) is 0 Å². The normalized spacial score (nSPS) is 46.2. The fraction of sp³-hybridized carbons (Fsp3) is 0.800. The van der Waals surface area contributed by atoms with E-state index in [1.807, 2.05) is 6.92 Å². The van der Waals surface area contributed by atoms with E-state index in [2.05, 4.69) is 19.9 Å². The van der Waals surface area contributed by atoms with Crippen molar-refractivity contribution in [2.75, 3.05) is 0 Å². The number of rotatable bonds is 0. The monoisotopic (exact) mass is 152 g/mol. The molecule has 62 valence electrons. The lowest BCUT2D eigenvalue weighted by molar-refractivity contribution is 0.182. The first kappa shape index (κ1) is 7.35. The van der Waals surface area contributed by atoms with Gasteiger partial charge in [-0.05, 0) is 36.2 Å². The van der Waals surface area contributed by atoms with Gasteiger partial charge in [-0.15, -0.1) is 0 Å². The van der Waals surface area contributed by atoms with Crippen LogP contribution in [0.25, 0.3) is 0 Å². The van der Waals surface area contributed by atoms with Gasteiger partial charge >= 0.3 is 0 Å². The molecule has 1 saturated carbocycles. The van der Waals surface area contributed by atoms with E-state index in [1.165, 1.54) is 5.57 Å². The maximum Gasteiger partial charge on any atom is 0.0750 e. The number of aliphatic hydroxyl groups excluding tert-OH is 1. The first-order chi connectivity index (χ1) is 5.03. The van der Waals surface area contributed by atoms with Crippen LogP contribution >= 0.6 is 0 Å². The summed E-state index contributed by atoms with van der Waals surface area (Å²) in [6, 6.07) is 0. The molecule has 2 aliphatic rings. The Labute approximate surface area is 68.1 Å². The molecule has 1 nitrogen and oxygen atoms in total. The van der Waals surface area contributed by atoms with Gasteiger partial charge in [0.05, 0.1) is 6.10 Å². The standard InChI is InChI=1S/C10H16O/c1-6-4-7-8(5-9(6)11)10(7,2)3/h4,7-9,11H,5H2,1-3H3/t7-,8+,9?/m1/s1. The van der Waals surface area contributed by atoms with Gasteiger partial charge in [-0.2, -0.15) is 0 Å². The zero-order chi connectivity index (χ0) is 8.22. The Morgan fingerprint density at radius 3 is 2.73 bits per heavy atom. The molecule has 0 aromatic carbocycles. The molecule has 11 heavy (non-hydrogen) atoms. The Morgan fingerprint density at radius 2 is 2.18 bits per heavy atom. The van der Waals surface area contributed by atoms with Gasteiger partial charge in [0, 0.05) is 0 Å². The number of allylic oxidation sites excluding steroid dienone is 1. The largest absolute Gasteiger partial charge is 0.389 e. The van der Waals surface area contributed by atoms with Crippen LogP contribution in [-0.4, -0.2) is 11.2 Å². The number of fused-ring (bicyclic) bond motifs is 1. The van der Waals surface area contributed by atoms with Crippen LogP contribution in [0.4, 0.5) is 0 Å². The highest BCUT2D eigenvalue weighted by Crippen LogP contribution is 2.63. The maximum atomic E-state index is 9.54. The molecule has 1 N–H and O–H groups in total. The Balaban J connectivity index is 2.22. The van der Waals surface area contributed by atoms with Gasteiger partial charge in [0.25, 0.3) is 0 Å². The summed E-state index contributed by atoms with van der Waals surface area (Å²) in [5.74, 6) is 1.51. The van der Waals surface area contributed by atoms with Crippen LogP contribution in [0.1, 0.15) is 27.2 Å². The summed E-state index contributed by atoms with van der Waals surface area (Å²) in [5.41, 5.74) is 1.65. The second-order valence-electron chi connectivity index (χ2n) is 4.62. The lowest BCUT2D eigenvalue weighted by Gasteiger charge is -2.14. The molecule has 3 atom stereocenters. The van der Waals surface area contributed by atoms with E-state index in [0.29, 0.717) is 5.41 Å².